The lowest BCUT2D eigenvalue weighted by molar-refractivity contribution is 0.0972. The molecule has 28 heavy (non-hydrogen) atoms. The van der Waals surface area contributed by atoms with Crippen LogP contribution in [0.5, 0.6) is 5.75 Å². The molecule has 148 valence electrons. The molecule has 1 N–H and O–H groups in total. The minimum absolute atomic E-state index is 0.125. The van der Waals surface area contributed by atoms with E-state index < -0.39 is 0 Å². The zero-order chi connectivity index (χ0) is 19.5. The second-order valence-electron chi connectivity index (χ2n) is 7.25. The van der Waals surface area contributed by atoms with Gasteiger partial charge in [0.25, 0.3) is 0 Å². The van der Waals surface area contributed by atoms with E-state index in [0.717, 1.165) is 68.6 Å². The van der Waals surface area contributed by atoms with Gasteiger partial charge in [-0.1, -0.05) is 6.92 Å². The van der Waals surface area contributed by atoms with E-state index in [2.05, 4.69) is 22.0 Å². The third kappa shape index (κ3) is 3.80. The molecule has 2 aliphatic rings. The Morgan fingerprint density at radius 3 is 2.50 bits per heavy atom. The highest BCUT2D eigenvalue weighted by Crippen LogP contribution is 2.30. The summed E-state index contributed by atoms with van der Waals surface area (Å²) in [5.74, 6) is 2.26. The fourth-order valence-corrected chi connectivity index (χ4v) is 3.82. The van der Waals surface area contributed by atoms with E-state index in [4.69, 9.17) is 14.7 Å². The average Bonchev–Trinajstić information content (AvgIpc) is 2.74. The van der Waals surface area contributed by atoms with Crippen LogP contribution in [0, 0.1) is 0 Å². The van der Waals surface area contributed by atoms with Gasteiger partial charge in [0.1, 0.15) is 11.6 Å². The first-order valence-electron chi connectivity index (χ1n) is 10.0. The number of carbonyl (C=O) groups is 1. The predicted octanol–water partition coefficient (Wildman–Crippen LogP) is 2.89. The van der Waals surface area contributed by atoms with Gasteiger partial charge in [-0.25, -0.2) is 4.98 Å². The molecule has 0 bridgehead atoms. The number of aromatic nitrogens is 2. The van der Waals surface area contributed by atoms with Crippen molar-refractivity contribution in [3.8, 4) is 5.75 Å². The molecule has 1 aliphatic heterocycles. The van der Waals surface area contributed by atoms with Crippen LogP contribution in [0.3, 0.4) is 0 Å². The number of likely N-dealkylation sites (N-methyl/N-ethyl adjacent to an activating group) is 1. The molecule has 1 fully saturated rings. The van der Waals surface area contributed by atoms with E-state index in [-0.39, 0.29) is 5.78 Å². The molecule has 1 aromatic carbocycles. The number of rotatable bonds is 5. The van der Waals surface area contributed by atoms with Gasteiger partial charge in [0, 0.05) is 38.3 Å². The van der Waals surface area contributed by atoms with Crippen LogP contribution in [0.15, 0.2) is 24.3 Å². The van der Waals surface area contributed by atoms with Crippen molar-refractivity contribution in [1.82, 2.24) is 14.9 Å². The van der Waals surface area contributed by atoms with Gasteiger partial charge in [-0.15, -0.1) is 0 Å². The summed E-state index contributed by atoms with van der Waals surface area (Å²) in [5, 5.41) is 3.35. The smallest absolute Gasteiger partial charge is 0.227 e. The fourth-order valence-electron chi connectivity index (χ4n) is 3.82. The highest BCUT2D eigenvalue weighted by Gasteiger charge is 2.27. The molecule has 1 aromatic heterocycles. The standard InChI is InChI=1S/C21H27N5O2/c1-3-25-11-13-26(14-12-25)21-23-17-5-4-6-18(27)19(17)20(24-21)22-15-7-9-16(28-2)10-8-15/h7-10H,3-6,11-14H2,1-2H3,(H,22,23,24). The van der Waals surface area contributed by atoms with Crippen LogP contribution in [0.4, 0.5) is 17.5 Å². The monoisotopic (exact) mass is 381 g/mol. The topological polar surface area (TPSA) is 70.6 Å². The number of piperazine rings is 1. The number of ketones is 1. The van der Waals surface area contributed by atoms with Gasteiger partial charge < -0.3 is 19.9 Å². The van der Waals surface area contributed by atoms with Crippen LogP contribution >= 0.6 is 0 Å². The summed E-state index contributed by atoms with van der Waals surface area (Å²) >= 11 is 0. The van der Waals surface area contributed by atoms with Gasteiger partial charge in [-0.3, -0.25) is 4.79 Å². The number of anilines is 3. The normalized spacial score (nSPS) is 17.4. The molecular weight excluding hydrogens is 354 g/mol. The number of fused-ring (bicyclic) bond motifs is 1. The Labute approximate surface area is 165 Å². The Morgan fingerprint density at radius 1 is 1.07 bits per heavy atom. The SMILES string of the molecule is CCN1CCN(c2nc3c(c(Nc4ccc(OC)cc4)n2)C(=O)CCC3)CC1. The van der Waals surface area contributed by atoms with E-state index in [9.17, 15) is 4.79 Å². The van der Waals surface area contributed by atoms with Crippen LogP contribution in [0.1, 0.15) is 35.8 Å². The maximum Gasteiger partial charge on any atom is 0.227 e. The Balaban J connectivity index is 1.66. The molecule has 1 aliphatic carbocycles. The molecule has 0 atom stereocenters. The average molecular weight is 381 g/mol. The summed E-state index contributed by atoms with van der Waals surface area (Å²) < 4.78 is 5.23. The third-order valence-corrected chi connectivity index (χ3v) is 5.52. The molecule has 4 rings (SSSR count). The molecule has 0 spiro atoms. The van der Waals surface area contributed by atoms with Gasteiger partial charge in [0.05, 0.1) is 18.4 Å². The Morgan fingerprint density at radius 2 is 1.82 bits per heavy atom. The summed E-state index contributed by atoms with van der Waals surface area (Å²) in [5.41, 5.74) is 2.40. The van der Waals surface area contributed by atoms with E-state index in [1.54, 1.807) is 7.11 Å². The summed E-state index contributed by atoms with van der Waals surface area (Å²) in [6, 6.07) is 7.64. The number of benzene rings is 1. The lowest BCUT2D eigenvalue weighted by Crippen LogP contribution is -2.47. The molecule has 2 aromatic rings. The number of carbonyl (C=O) groups excluding carboxylic acids is 1. The van der Waals surface area contributed by atoms with Crippen LogP contribution in [0.25, 0.3) is 0 Å². The van der Waals surface area contributed by atoms with Crippen LogP contribution < -0.4 is 15.0 Å². The molecule has 7 heteroatoms. The van der Waals surface area contributed by atoms with Crippen molar-refractivity contribution in [3.63, 3.8) is 0 Å². The van der Waals surface area contributed by atoms with Crippen molar-refractivity contribution in [2.45, 2.75) is 26.2 Å². The highest BCUT2D eigenvalue weighted by molar-refractivity contribution is 6.03. The van der Waals surface area contributed by atoms with Crippen molar-refractivity contribution in [1.29, 1.82) is 0 Å². The van der Waals surface area contributed by atoms with Crippen molar-refractivity contribution < 1.29 is 9.53 Å². The Kier molecular flexibility index (Phi) is 5.43. The molecule has 0 saturated carbocycles. The quantitative estimate of drug-likeness (QED) is 0.854. The van der Waals surface area contributed by atoms with Crippen molar-refractivity contribution in [2.24, 2.45) is 0 Å². The summed E-state index contributed by atoms with van der Waals surface area (Å²) in [6.07, 6.45) is 2.23. The number of methoxy groups -OCH3 is 1. The number of aryl methyl sites for hydroxylation is 1. The fraction of sp³-hybridized carbons (Fsp3) is 0.476. The first-order valence-corrected chi connectivity index (χ1v) is 10.0. The largest absolute Gasteiger partial charge is 0.497 e. The number of Topliss-reactive ketones (excluding diaryl/α,β-unsaturated/α-hetero) is 1. The van der Waals surface area contributed by atoms with Crippen molar-refractivity contribution in [3.05, 3.63) is 35.5 Å². The third-order valence-electron chi connectivity index (χ3n) is 5.52. The second-order valence-corrected chi connectivity index (χ2v) is 7.25. The number of nitrogens with zero attached hydrogens (tertiary/aromatic N) is 4. The summed E-state index contributed by atoms with van der Waals surface area (Å²) in [6.45, 7) is 7.09. The van der Waals surface area contributed by atoms with Crippen molar-refractivity contribution >= 4 is 23.2 Å². The van der Waals surface area contributed by atoms with Gasteiger partial charge in [-0.05, 0) is 43.7 Å². The van der Waals surface area contributed by atoms with Gasteiger partial charge >= 0.3 is 0 Å². The molecule has 0 unspecified atom stereocenters. The van der Waals surface area contributed by atoms with Crippen LogP contribution in [0.2, 0.25) is 0 Å². The van der Waals surface area contributed by atoms with E-state index in [1.165, 1.54) is 0 Å². The van der Waals surface area contributed by atoms with Gasteiger partial charge in [0.2, 0.25) is 5.95 Å². The Hall–Kier alpha value is -2.67. The number of hydrogen-bond acceptors (Lipinski definition) is 7. The molecule has 0 amide bonds. The molecule has 0 radical (unpaired) electrons. The minimum Gasteiger partial charge on any atom is -0.497 e. The lowest BCUT2D eigenvalue weighted by atomic mass is 9.95. The summed E-state index contributed by atoms with van der Waals surface area (Å²) in [7, 11) is 1.65. The van der Waals surface area contributed by atoms with Gasteiger partial charge in [0.15, 0.2) is 5.78 Å². The number of hydrogen-bond donors (Lipinski definition) is 1. The Bertz CT molecular complexity index is 845. The zero-order valence-electron chi connectivity index (χ0n) is 16.6. The predicted molar refractivity (Wildman–Crippen MR) is 110 cm³/mol. The molecular formula is C21H27N5O2. The van der Waals surface area contributed by atoms with E-state index in [1.807, 2.05) is 24.3 Å². The first kappa shape index (κ1) is 18.7. The summed E-state index contributed by atoms with van der Waals surface area (Å²) in [4.78, 5) is 26.8. The van der Waals surface area contributed by atoms with Crippen molar-refractivity contribution in [2.75, 3.05) is 50.1 Å². The number of nitrogens with one attached hydrogen (secondary N) is 1. The minimum atomic E-state index is 0.125. The molecule has 7 nitrogen and oxygen atoms in total. The highest BCUT2D eigenvalue weighted by atomic mass is 16.5. The van der Waals surface area contributed by atoms with E-state index >= 15 is 0 Å². The molecule has 2 heterocycles. The maximum atomic E-state index is 12.6. The van der Waals surface area contributed by atoms with Crippen LogP contribution in [-0.4, -0.2) is 60.5 Å². The molecule has 1 saturated heterocycles. The second kappa shape index (κ2) is 8.14. The van der Waals surface area contributed by atoms with Crippen LogP contribution in [-0.2, 0) is 6.42 Å². The van der Waals surface area contributed by atoms with E-state index in [0.29, 0.717) is 17.8 Å². The first-order chi connectivity index (χ1) is 13.7. The number of ether oxygens (including phenoxy) is 1. The maximum absolute atomic E-state index is 12.6. The lowest BCUT2D eigenvalue weighted by Gasteiger charge is -2.34. The zero-order valence-corrected chi connectivity index (χ0v) is 16.6. The van der Waals surface area contributed by atoms with Gasteiger partial charge in [-0.2, -0.15) is 4.98 Å².